The molecule has 0 atom stereocenters. The van der Waals surface area contributed by atoms with Crippen molar-refractivity contribution >= 4 is 35.1 Å². The van der Waals surface area contributed by atoms with Crippen LogP contribution in [0.15, 0.2) is 36.4 Å². The monoisotopic (exact) mass is 422 g/mol. The molecule has 8 N–H and O–H groups in total. The number of halogens is 2. The van der Waals surface area contributed by atoms with Gasteiger partial charge >= 0.3 is 11.9 Å². The van der Waals surface area contributed by atoms with Crippen molar-refractivity contribution in [2.75, 3.05) is 24.6 Å². The van der Waals surface area contributed by atoms with Gasteiger partial charge in [-0.05, 0) is 36.4 Å². The third-order valence-electron chi connectivity index (χ3n) is 3.32. The molecular formula is C18H18F2N4O6. The van der Waals surface area contributed by atoms with Gasteiger partial charge in [0, 0.05) is 11.3 Å². The van der Waals surface area contributed by atoms with Crippen LogP contribution in [0.5, 0.6) is 0 Å². The Labute approximate surface area is 168 Å². The summed E-state index contributed by atoms with van der Waals surface area (Å²) in [6.45, 7) is -0.994. The van der Waals surface area contributed by atoms with Gasteiger partial charge in [-0.2, -0.15) is 0 Å². The molecule has 0 bridgehead atoms. The van der Waals surface area contributed by atoms with Gasteiger partial charge < -0.3 is 32.3 Å². The zero-order valence-corrected chi connectivity index (χ0v) is 15.3. The highest BCUT2D eigenvalue weighted by Gasteiger charge is 2.11. The standard InChI is InChI=1S/2C9H9FN2O3/c10-5-1-2-6(7(11)3-5)9(15)12-4-8(13)14;10-6-2-1-5(3-7(6)11)9(15)12-4-8(13)14/h2*1-3H,4,11H2,(H,12,15)(H,13,14)/i2*10-1. The lowest BCUT2D eigenvalue weighted by atomic mass is 10.1. The van der Waals surface area contributed by atoms with E-state index in [0.29, 0.717) is 0 Å². The molecule has 0 fully saturated rings. The summed E-state index contributed by atoms with van der Waals surface area (Å²) < 4.78 is 25.3. The van der Waals surface area contributed by atoms with Gasteiger partial charge in [-0.3, -0.25) is 19.2 Å². The second-order valence-electron chi connectivity index (χ2n) is 5.62. The molecule has 0 unspecified atom stereocenters. The second-order valence-corrected chi connectivity index (χ2v) is 5.62. The topological polar surface area (TPSA) is 185 Å². The fourth-order valence-corrected chi connectivity index (χ4v) is 1.93. The lowest BCUT2D eigenvalue weighted by Crippen LogP contribution is -2.29. The normalized spacial score (nSPS) is 9.67. The summed E-state index contributed by atoms with van der Waals surface area (Å²) in [4.78, 5) is 42.9. The molecule has 0 aromatic heterocycles. The highest BCUT2D eigenvalue weighted by Crippen LogP contribution is 2.13. The molecule has 0 spiro atoms. The molecular weight excluding hydrogens is 404 g/mol. The second kappa shape index (κ2) is 10.9. The van der Waals surface area contributed by atoms with Crippen molar-refractivity contribution in [1.29, 1.82) is 0 Å². The lowest BCUT2D eigenvalue weighted by molar-refractivity contribution is -0.136. The van der Waals surface area contributed by atoms with Gasteiger partial charge in [0.1, 0.15) is 24.7 Å². The van der Waals surface area contributed by atoms with Crippen molar-refractivity contribution in [3.05, 3.63) is 59.2 Å². The molecule has 160 valence electrons. The Hall–Kier alpha value is -4.22. The molecule has 0 heterocycles. The molecule has 0 aliphatic carbocycles. The SMILES string of the molecule is Nc1cc(C(=O)NCC(=O)O)ccc1[18F].Nc1cc([18F])ccc1C(=O)NCC(=O)O. The number of anilines is 2. The largest absolute Gasteiger partial charge is 0.480 e. The molecule has 2 rings (SSSR count). The molecule has 30 heavy (non-hydrogen) atoms. The summed E-state index contributed by atoms with van der Waals surface area (Å²) in [6.07, 6.45) is 0. The van der Waals surface area contributed by atoms with E-state index in [-0.39, 0.29) is 22.5 Å². The lowest BCUT2D eigenvalue weighted by Gasteiger charge is -2.05. The molecule has 2 aromatic carbocycles. The third-order valence-corrected chi connectivity index (χ3v) is 3.32. The molecule has 0 saturated heterocycles. The van der Waals surface area contributed by atoms with Crippen LogP contribution >= 0.6 is 0 Å². The number of hydrogen-bond donors (Lipinski definition) is 6. The van der Waals surface area contributed by atoms with Crippen LogP contribution in [-0.2, 0) is 9.59 Å². The average Bonchev–Trinajstić information content (AvgIpc) is 2.66. The van der Waals surface area contributed by atoms with Crippen molar-refractivity contribution < 1.29 is 38.2 Å². The quantitative estimate of drug-likeness (QED) is 0.362. The Morgan fingerprint density at radius 3 is 1.87 bits per heavy atom. The number of nitrogen functional groups attached to an aromatic ring is 2. The number of hydrogen-bond acceptors (Lipinski definition) is 6. The number of carboxylic acid groups (broad SMARTS) is 2. The van der Waals surface area contributed by atoms with Crippen LogP contribution in [0, 0.1) is 11.6 Å². The Bertz CT molecular complexity index is 968. The van der Waals surface area contributed by atoms with Gasteiger partial charge in [-0.15, -0.1) is 0 Å². The number of carbonyl (C=O) groups excluding carboxylic acids is 2. The fraction of sp³-hybridized carbons (Fsp3) is 0.111. The first-order chi connectivity index (χ1) is 14.0. The highest BCUT2D eigenvalue weighted by molar-refractivity contribution is 6.00. The fourth-order valence-electron chi connectivity index (χ4n) is 1.93. The molecule has 0 radical (unpaired) electrons. The average molecular weight is 422 g/mol. The highest BCUT2D eigenvalue weighted by atomic mass is 18.2. The van der Waals surface area contributed by atoms with Crippen molar-refractivity contribution in [2.45, 2.75) is 0 Å². The Kier molecular flexibility index (Phi) is 8.69. The number of nitrogens with one attached hydrogen (secondary N) is 2. The number of aliphatic carboxylic acids is 2. The number of carboxylic acids is 2. The minimum absolute atomic E-state index is 0.0297. The van der Waals surface area contributed by atoms with Gasteiger partial charge in [-0.25, -0.2) is 8.78 Å². The van der Waals surface area contributed by atoms with Crippen LogP contribution in [0.2, 0.25) is 0 Å². The van der Waals surface area contributed by atoms with Crippen LogP contribution in [-0.4, -0.2) is 47.1 Å². The summed E-state index contributed by atoms with van der Waals surface area (Å²) >= 11 is 0. The zero-order chi connectivity index (χ0) is 22.8. The Morgan fingerprint density at radius 1 is 0.800 bits per heavy atom. The molecule has 10 nitrogen and oxygen atoms in total. The smallest absolute Gasteiger partial charge is 0.322 e. The van der Waals surface area contributed by atoms with Crippen molar-refractivity contribution in [3.8, 4) is 0 Å². The minimum atomic E-state index is -1.16. The van der Waals surface area contributed by atoms with Crippen LogP contribution in [0.4, 0.5) is 20.2 Å². The van der Waals surface area contributed by atoms with Crippen LogP contribution < -0.4 is 22.1 Å². The van der Waals surface area contributed by atoms with E-state index in [2.05, 4.69) is 10.6 Å². The van der Waals surface area contributed by atoms with E-state index in [9.17, 15) is 28.0 Å². The Morgan fingerprint density at radius 2 is 1.37 bits per heavy atom. The van der Waals surface area contributed by atoms with Crippen molar-refractivity contribution in [3.63, 3.8) is 0 Å². The number of rotatable bonds is 6. The van der Waals surface area contributed by atoms with Crippen molar-refractivity contribution in [1.82, 2.24) is 10.6 Å². The first kappa shape index (κ1) is 23.8. The van der Waals surface area contributed by atoms with Gasteiger partial charge in [0.15, 0.2) is 0 Å². The van der Waals surface area contributed by atoms with Crippen LogP contribution in [0.1, 0.15) is 20.7 Å². The van der Waals surface area contributed by atoms with E-state index in [0.717, 1.165) is 24.3 Å². The molecule has 0 saturated carbocycles. The first-order valence-electron chi connectivity index (χ1n) is 8.11. The van der Waals surface area contributed by atoms with Gasteiger partial charge in [0.25, 0.3) is 11.8 Å². The number of amides is 2. The van der Waals surface area contributed by atoms with E-state index in [4.69, 9.17) is 21.7 Å². The van der Waals surface area contributed by atoms with E-state index in [1.54, 1.807) is 0 Å². The van der Waals surface area contributed by atoms with Crippen molar-refractivity contribution in [2.24, 2.45) is 0 Å². The number of nitrogens with two attached hydrogens (primary N) is 2. The zero-order valence-electron chi connectivity index (χ0n) is 15.3. The molecule has 0 aliphatic heterocycles. The van der Waals surface area contributed by atoms with E-state index < -0.39 is 48.5 Å². The summed E-state index contributed by atoms with van der Waals surface area (Å²) in [7, 11) is 0. The van der Waals surface area contributed by atoms with Gasteiger partial charge in [0.05, 0.1) is 11.3 Å². The summed E-state index contributed by atoms with van der Waals surface area (Å²) in [5.41, 5.74) is 10.6. The molecule has 2 aromatic rings. The van der Waals surface area contributed by atoms with E-state index >= 15 is 0 Å². The molecule has 0 aliphatic rings. The maximum absolute atomic E-state index is 12.7. The predicted octanol–water partition coefficient (Wildman–Crippen LogP) is 0.445. The molecule has 12 heteroatoms. The molecule has 2 amide bonds. The van der Waals surface area contributed by atoms with Gasteiger partial charge in [-0.1, -0.05) is 0 Å². The summed E-state index contributed by atoms with van der Waals surface area (Å²) in [5, 5.41) is 20.9. The maximum atomic E-state index is 12.7. The third kappa shape index (κ3) is 7.80. The van der Waals surface area contributed by atoms with Gasteiger partial charge in [0.2, 0.25) is 0 Å². The maximum Gasteiger partial charge on any atom is 0.322 e. The number of carbonyl (C=O) groups is 4. The summed E-state index contributed by atoms with van der Waals surface area (Å²) in [6, 6.07) is 6.68. The summed E-state index contributed by atoms with van der Waals surface area (Å²) in [5.74, 6) is -4.74. The van der Waals surface area contributed by atoms with E-state index in [1.807, 2.05) is 0 Å². The van der Waals surface area contributed by atoms with Crippen LogP contribution in [0.3, 0.4) is 0 Å². The minimum Gasteiger partial charge on any atom is -0.480 e. The van der Waals surface area contributed by atoms with Crippen LogP contribution in [0.25, 0.3) is 0 Å². The van der Waals surface area contributed by atoms with E-state index in [1.165, 1.54) is 12.1 Å². The Balaban J connectivity index is 0.000000300. The predicted molar refractivity (Wildman–Crippen MR) is 102 cm³/mol. The first-order valence-corrected chi connectivity index (χ1v) is 8.11. The number of benzene rings is 2.